The van der Waals surface area contributed by atoms with Crippen molar-refractivity contribution in [1.82, 2.24) is 5.32 Å². The van der Waals surface area contributed by atoms with Crippen LogP contribution in [0.5, 0.6) is 0 Å². The van der Waals surface area contributed by atoms with Crippen LogP contribution in [0.1, 0.15) is 56.6 Å². The van der Waals surface area contributed by atoms with Crippen molar-refractivity contribution in [2.75, 3.05) is 13.6 Å². The highest BCUT2D eigenvalue weighted by atomic mass is 14.8. The zero-order chi connectivity index (χ0) is 13.0. The van der Waals surface area contributed by atoms with Crippen molar-refractivity contribution < 1.29 is 0 Å². The SMILES string of the molecule is CNCCC(C)(C)CC1CCCc2ccccc21. The molecular formula is C17H27N. The Kier molecular flexibility index (Phi) is 4.45. The van der Waals surface area contributed by atoms with Crippen molar-refractivity contribution in [1.29, 1.82) is 0 Å². The molecule has 0 amide bonds. The molecule has 1 aliphatic rings. The third-order valence-electron chi connectivity index (χ3n) is 4.34. The Bertz CT molecular complexity index is 381. The quantitative estimate of drug-likeness (QED) is 0.822. The number of hydrogen-bond acceptors (Lipinski definition) is 1. The van der Waals surface area contributed by atoms with Crippen LogP contribution in [0.25, 0.3) is 0 Å². The first-order valence-electron chi connectivity index (χ1n) is 7.35. The van der Waals surface area contributed by atoms with E-state index in [-0.39, 0.29) is 0 Å². The van der Waals surface area contributed by atoms with E-state index < -0.39 is 0 Å². The number of rotatable bonds is 5. The third-order valence-corrected chi connectivity index (χ3v) is 4.34. The van der Waals surface area contributed by atoms with E-state index in [1.807, 2.05) is 7.05 Å². The first-order chi connectivity index (χ1) is 8.62. The molecule has 1 nitrogen and oxygen atoms in total. The molecule has 18 heavy (non-hydrogen) atoms. The van der Waals surface area contributed by atoms with Gasteiger partial charge in [-0.2, -0.15) is 0 Å². The van der Waals surface area contributed by atoms with Crippen LogP contribution in [-0.2, 0) is 6.42 Å². The summed E-state index contributed by atoms with van der Waals surface area (Å²) in [5.74, 6) is 0.779. The van der Waals surface area contributed by atoms with E-state index in [9.17, 15) is 0 Å². The number of aryl methyl sites for hydroxylation is 1. The van der Waals surface area contributed by atoms with Gasteiger partial charge in [-0.25, -0.2) is 0 Å². The van der Waals surface area contributed by atoms with Crippen molar-refractivity contribution in [2.24, 2.45) is 5.41 Å². The summed E-state index contributed by atoms with van der Waals surface area (Å²) >= 11 is 0. The maximum Gasteiger partial charge on any atom is -0.00468 e. The minimum atomic E-state index is 0.443. The highest BCUT2D eigenvalue weighted by molar-refractivity contribution is 5.32. The molecule has 1 aliphatic carbocycles. The number of benzene rings is 1. The largest absolute Gasteiger partial charge is 0.320 e. The molecule has 0 saturated heterocycles. The van der Waals surface area contributed by atoms with Gasteiger partial charge in [-0.05, 0) is 68.2 Å². The van der Waals surface area contributed by atoms with Gasteiger partial charge in [0.25, 0.3) is 0 Å². The van der Waals surface area contributed by atoms with Gasteiger partial charge in [0.1, 0.15) is 0 Å². The van der Waals surface area contributed by atoms with E-state index in [1.165, 1.54) is 32.1 Å². The maximum atomic E-state index is 3.28. The second-order valence-electron chi connectivity index (χ2n) is 6.51. The Morgan fingerprint density at radius 3 is 2.83 bits per heavy atom. The molecule has 0 radical (unpaired) electrons. The summed E-state index contributed by atoms with van der Waals surface area (Å²) in [6, 6.07) is 9.07. The smallest absolute Gasteiger partial charge is 0.00468 e. The second-order valence-corrected chi connectivity index (χ2v) is 6.51. The minimum absolute atomic E-state index is 0.443. The highest BCUT2D eigenvalue weighted by Crippen LogP contribution is 2.40. The molecule has 0 spiro atoms. The molecule has 0 aliphatic heterocycles. The average Bonchev–Trinajstić information content (AvgIpc) is 2.37. The van der Waals surface area contributed by atoms with E-state index in [2.05, 4.69) is 43.4 Å². The summed E-state index contributed by atoms with van der Waals surface area (Å²) in [6.45, 7) is 5.96. The van der Waals surface area contributed by atoms with Gasteiger partial charge in [0.2, 0.25) is 0 Å². The Labute approximate surface area is 112 Å². The van der Waals surface area contributed by atoms with Gasteiger partial charge in [0.05, 0.1) is 0 Å². The Hall–Kier alpha value is -0.820. The van der Waals surface area contributed by atoms with Crippen LogP contribution in [0.3, 0.4) is 0 Å². The molecule has 0 bridgehead atoms. The number of nitrogens with one attached hydrogen (secondary N) is 1. The van der Waals surface area contributed by atoms with Crippen LogP contribution < -0.4 is 5.32 Å². The molecule has 1 aromatic carbocycles. The lowest BCUT2D eigenvalue weighted by molar-refractivity contribution is 0.268. The van der Waals surface area contributed by atoms with Gasteiger partial charge in [-0.1, -0.05) is 38.1 Å². The first-order valence-corrected chi connectivity index (χ1v) is 7.35. The summed E-state index contributed by atoms with van der Waals surface area (Å²) in [6.07, 6.45) is 6.61. The van der Waals surface area contributed by atoms with Gasteiger partial charge in [-0.15, -0.1) is 0 Å². The Morgan fingerprint density at radius 1 is 1.28 bits per heavy atom. The van der Waals surface area contributed by atoms with Crippen LogP contribution in [-0.4, -0.2) is 13.6 Å². The van der Waals surface area contributed by atoms with Crippen LogP contribution in [0, 0.1) is 5.41 Å². The third kappa shape index (κ3) is 3.35. The van der Waals surface area contributed by atoms with E-state index >= 15 is 0 Å². The fourth-order valence-corrected chi connectivity index (χ4v) is 3.30. The second kappa shape index (κ2) is 5.88. The van der Waals surface area contributed by atoms with Crippen LogP contribution in [0.2, 0.25) is 0 Å². The van der Waals surface area contributed by atoms with E-state index in [0.29, 0.717) is 5.41 Å². The molecule has 0 aromatic heterocycles. The fraction of sp³-hybridized carbons (Fsp3) is 0.647. The number of hydrogen-bond donors (Lipinski definition) is 1. The van der Waals surface area contributed by atoms with Gasteiger partial charge < -0.3 is 5.32 Å². The zero-order valence-corrected chi connectivity index (χ0v) is 12.1. The van der Waals surface area contributed by atoms with Gasteiger partial charge in [0, 0.05) is 0 Å². The van der Waals surface area contributed by atoms with Crippen molar-refractivity contribution in [3.63, 3.8) is 0 Å². The molecule has 100 valence electrons. The Balaban J connectivity index is 2.06. The first kappa shape index (κ1) is 13.6. The highest BCUT2D eigenvalue weighted by Gasteiger charge is 2.27. The van der Waals surface area contributed by atoms with E-state index in [4.69, 9.17) is 0 Å². The molecule has 0 fully saturated rings. The standard InChI is InChI=1S/C17H27N/c1-17(2,11-12-18-3)13-15-9-6-8-14-7-4-5-10-16(14)15/h4-5,7,10,15,18H,6,8-9,11-13H2,1-3H3. The van der Waals surface area contributed by atoms with Crippen LogP contribution in [0.4, 0.5) is 0 Å². The maximum absolute atomic E-state index is 3.28. The molecule has 0 saturated carbocycles. The van der Waals surface area contributed by atoms with Gasteiger partial charge in [-0.3, -0.25) is 0 Å². The molecule has 1 N–H and O–H groups in total. The molecule has 2 rings (SSSR count). The van der Waals surface area contributed by atoms with Crippen LogP contribution >= 0.6 is 0 Å². The minimum Gasteiger partial charge on any atom is -0.320 e. The molecule has 1 aromatic rings. The van der Waals surface area contributed by atoms with Crippen molar-refractivity contribution in [3.8, 4) is 0 Å². The van der Waals surface area contributed by atoms with Crippen LogP contribution in [0.15, 0.2) is 24.3 Å². The molecule has 1 unspecified atom stereocenters. The predicted molar refractivity (Wildman–Crippen MR) is 79.1 cm³/mol. The van der Waals surface area contributed by atoms with Crippen molar-refractivity contribution in [2.45, 2.75) is 51.9 Å². The normalized spacial score (nSPS) is 19.6. The molecule has 1 heteroatoms. The summed E-state index contributed by atoms with van der Waals surface area (Å²) in [7, 11) is 2.05. The Morgan fingerprint density at radius 2 is 2.06 bits per heavy atom. The molecule has 0 heterocycles. The zero-order valence-electron chi connectivity index (χ0n) is 12.1. The number of fused-ring (bicyclic) bond motifs is 1. The predicted octanol–water partition coefficient (Wildman–Crippen LogP) is 4.13. The van der Waals surface area contributed by atoms with Gasteiger partial charge in [0.15, 0.2) is 0 Å². The summed E-state index contributed by atoms with van der Waals surface area (Å²) in [5, 5.41) is 3.28. The summed E-state index contributed by atoms with van der Waals surface area (Å²) in [5.41, 5.74) is 3.66. The summed E-state index contributed by atoms with van der Waals surface area (Å²) in [4.78, 5) is 0. The van der Waals surface area contributed by atoms with Crippen molar-refractivity contribution >= 4 is 0 Å². The average molecular weight is 245 g/mol. The van der Waals surface area contributed by atoms with E-state index in [0.717, 1.165) is 12.5 Å². The topological polar surface area (TPSA) is 12.0 Å². The van der Waals surface area contributed by atoms with Crippen molar-refractivity contribution in [3.05, 3.63) is 35.4 Å². The summed E-state index contributed by atoms with van der Waals surface area (Å²) < 4.78 is 0. The lowest BCUT2D eigenvalue weighted by Crippen LogP contribution is -2.23. The monoisotopic (exact) mass is 245 g/mol. The lowest BCUT2D eigenvalue weighted by Gasteiger charge is -2.33. The fourth-order valence-electron chi connectivity index (χ4n) is 3.30. The van der Waals surface area contributed by atoms with Gasteiger partial charge >= 0.3 is 0 Å². The van der Waals surface area contributed by atoms with E-state index in [1.54, 1.807) is 11.1 Å². The lowest BCUT2D eigenvalue weighted by atomic mass is 9.72. The molecular weight excluding hydrogens is 218 g/mol. The molecule has 1 atom stereocenters.